The van der Waals surface area contributed by atoms with E-state index in [1.807, 2.05) is 24.5 Å². The summed E-state index contributed by atoms with van der Waals surface area (Å²) >= 11 is 0. The molecule has 0 radical (unpaired) electrons. The molecule has 36 heavy (non-hydrogen) atoms. The highest BCUT2D eigenvalue weighted by Crippen LogP contribution is 2.60. The van der Waals surface area contributed by atoms with Crippen LogP contribution in [0.3, 0.4) is 0 Å². The van der Waals surface area contributed by atoms with Gasteiger partial charge in [0.15, 0.2) is 5.84 Å². The maximum atomic E-state index is 14.0. The molecule has 1 unspecified atom stereocenters. The first-order valence-corrected chi connectivity index (χ1v) is 12.7. The van der Waals surface area contributed by atoms with E-state index in [9.17, 15) is 8.78 Å². The van der Waals surface area contributed by atoms with E-state index in [4.69, 9.17) is 11.7 Å². The number of aryl methyl sites for hydroxylation is 1. The number of nitrogens with one attached hydrogen (secondary N) is 2. The van der Waals surface area contributed by atoms with Crippen LogP contribution < -0.4 is 17.1 Å². The van der Waals surface area contributed by atoms with Crippen molar-refractivity contribution in [2.24, 2.45) is 22.2 Å². The van der Waals surface area contributed by atoms with Crippen molar-refractivity contribution in [3.05, 3.63) is 64.6 Å². The number of hydrogen-bond acceptors (Lipinski definition) is 5. The van der Waals surface area contributed by atoms with Crippen molar-refractivity contribution in [2.75, 3.05) is 6.54 Å². The number of likely N-dealkylation sites (tertiary alicyclic amines) is 1. The minimum absolute atomic E-state index is 0.00264. The van der Waals surface area contributed by atoms with Gasteiger partial charge in [-0.05, 0) is 84.9 Å². The number of benzene rings is 1. The van der Waals surface area contributed by atoms with Crippen LogP contribution in [0.15, 0.2) is 41.8 Å². The molecule has 1 aromatic carbocycles. The van der Waals surface area contributed by atoms with E-state index in [-0.39, 0.29) is 24.3 Å². The smallest absolute Gasteiger partial charge is 0.249 e. The Morgan fingerprint density at radius 2 is 2.08 bits per heavy atom. The Balaban J connectivity index is 1.36. The quantitative estimate of drug-likeness (QED) is 0.180. The van der Waals surface area contributed by atoms with Crippen LogP contribution in [0.4, 0.5) is 8.78 Å². The van der Waals surface area contributed by atoms with Crippen LogP contribution in [0, 0.1) is 12.3 Å². The van der Waals surface area contributed by atoms with Crippen molar-refractivity contribution >= 4 is 16.7 Å². The van der Waals surface area contributed by atoms with Gasteiger partial charge in [-0.25, -0.2) is 14.6 Å². The number of alkyl halides is 2. The monoisotopic (exact) mass is 493 g/mol. The number of piperidine rings is 1. The number of nitrogens with zero attached hydrogens (tertiary/aromatic N) is 3. The molecule has 2 saturated carbocycles. The average molecular weight is 494 g/mol. The van der Waals surface area contributed by atoms with Crippen molar-refractivity contribution in [2.45, 2.75) is 69.9 Å². The number of amidine groups is 1. The number of aromatic nitrogens is 2. The van der Waals surface area contributed by atoms with Gasteiger partial charge in [-0.2, -0.15) is 5.10 Å². The number of pyridine rings is 1. The Morgan fingerprint density at radius 1 is 1.28 bits per heavy atom. The zero-order chi connectivity index (χ0) is 25.1. The van der Waals surface area contributed by atoms with Gasteiger partial charge in [-0.3, -0.25) is 9.88 Å². The molecule has 3 heterocycles. The minimum Gasteiger partial charge on any atom is -0.361 e. The third-order valence-electron chi connectivity index (χ3n) is 8.51. The van der Waals surface area contributed by atoms with Gasteiger partial charge in [0.1, 0.15) is 5.69 Å². The number of hydrazone groups is 1. The zero-order valence-electron chi connectivity index (χ0n) is 20.5. The van der Waals surface area contributed by atoms with Crippen LogP contribution >= 0.6 is 0 Å². The van der Waals surface area contributed by atoms with Gasteiger partial charge in [-0.15, -0.1) is 0 Å². The van der Waals surface area contributed by atoms with Crippen LogP contribution in [0.1, 0.15) is 78.4 Å². The van der Waals surface area contributed by atoms with Crippen LogP contribution in [0.2, 0.25) is 0 Å². The first-order valence-electron chi connectivity index (χ1n) is 12.7. The molecule has 6 rings (SSSR count). The van der Waals surface area contributed by atoms with E-state index >= 15 is 0 Å². The second-order valence-corrected chi connectivity index (χ2v) is 11.1. The van der Waals surface area contributed by atoms with E-state index in [0.29, 0.717) is 23.9 Å². The van der Waals surface area contributed by atoms with Gasteiger partial charge in [0.05, 0.1) is 0 Å². The number of aromatic amines is 1. The lowest BCUT2D eigenvalue weighted by molar-refractivity contribution is -0.186. The van der Waals surface area contributed by atoms with E-state index in [2.05, 4.69) is 44.5 Å². The Morgan fingerprint density at radius 3 is 2.72 bits per heavy atom. The Kier molecular flexibility index (Phi) is 5.53. The average Bonchev–Trinajstić information content (AvgIpc) is 3.57. The molecule has 9 heteroatoms. The molecule has 2 aliphatic carbocycles. The highest BCUT2D eigenvalue weighted by molar-refractivity contribution is 5.96. The summed E-state index contributed by atoms with van der Waals surface area (Å²) in [6, 6.07) is 8.37. The molecule has 1 spiro atoms. The number of nitrogens with two attached hydrogens (primary N) is 2. The van der Waals surface area contributed by atoms with Gasteiger partial charge < -0.3 is 16.3 Å². The molecule has 1 atom stereocenters. The first-order chi connectivity index (χ1) is 17.3. The second-order valence-electron chi connectivity index (χ2n) is 11.1. The van der Waals surface area contributed by atoms with Crippen molar-refractivity contribution in [1.29, 1.82) is 0 Å². The summed E-state index contributed by atoms with van der Waals surface area (Å²) in [5.74, 6) is 9.28. The fraction of sp³-hybridized carbons (Fsp3) is 0.481. The summed E-state index contributed by atoms with van der Waals surface area (Å²) in [4.78, 5) is 10.4. The lowest BCUT2D eigenvalue weighted by Crippen LogP contribution is -2.53. The second kappa shape index (κ2) is 8.52. The number of fused-ring (bicyclic) bond motifs is 1. The molecule has 3 aromatic rings. The third kappa shape index (κ3) is 4.04. The lowest BCUT2D eigenvalue weighted by Gasteiger charge is -2.54. The van der Waals surface area contributed by atoms with Crippen LogP contribution in [0.25, 0.3) is 10.9 Å². The molecule has 190 valence electrons. The topological polar surface area (TPSA) is 108 Å². The van der Waals surface area contributed by atoms with E-state index in [0.717, 1.165) is 25.1 Å². The normalized spacial score (nSPS) is 23.7. The first kappa shape index (κ1) is 23.4. The zero-order valence-corrected chi connectivity index (χ0v) is 20.5. The lowest BCUT2D eigenvalue weighted by atomic mass is 9.59. The Bertz CT molecular complexity index is 1300. The molecule has 1 saturated heterocycles. The SMILES string of the molecule is Cc1cc(C2CC2)c(CN2CCC3(CC2c2ccc(/C(=N/N)NN)nc2)CC(F)(F)C3)c2cc[nH]c12. The summed E-state index contributed by atoms with van der Waals surface area (Å²) < 4.78 is 28.0. The number of halogens is 2. The van der Waals surface area contributed by atoms with Crippen LogP contribution in [0.5, 0.6) is 0 Å². The van der Waals surface area contributed by atoms with Crippen LogP contribution in [-0.4, -0.2) is 33.2 Å². The van der Waals surface area contributed by atoms with Gasteiger partial charge in [0.25, 0.3) is 0 Å². The Labute approximate surface area is 209 Å². The van der Waals surface area contributed by atoms with E-state index in [1.165, 1.54) is 40.4 Å². The summed E-state index contributed by atoms with van der Waals surface area (Å²) in [6.45, 7) is 3.74. The molecular formula is C27H33F2N7. The third-order valence-corrected chi connectivity index (χ3v) is 8.51. The minimum atomic E-state index is -2.54. The van der Waals surface area contributed by atoms with E-state index in [1.54, 1.807) is 0 Å². The predicted molar refractivity (Wildman–Crippen MR) is 136 cm³/mol. The Hall–Kier alpha value is -3.04. The number of hydrogen-bond donors (Lipinski definition) is 4. The standard InChI is InChI=1S/C27H33F2N7/c1-16-10-20(17-2-3-17)21(19-6-8-32-24(16)19)13-36-9-7-26(14-27(28,29)15-26)11-23(36)18-4-5-22(33-12-18)25(34-30)35-31/h4-6,8,10,12,17,23,32H,2-3,7,9,11,13-15,30-31H2,1H3,(H,34,35). The number of rotatable bonds is 5. The maximum Gasteiger partial charge on any atom is 0.249 e. The highest BCUT2D eigenvalue weighted by atomic mass is 19.3. The maximum absolute atomic E-state index is 14.0. The van der Waals surface area contributed by atoms with Crippen LogP contribution in [-0.2, 0) is 6.54 Å². The van der Waals surface area contributed by atoms with Gasteiger partial charge in [0.2, 0.25) is 5.92 Å². The summed E-state index contributed by atoms with van der Waals surface area (Å²) in [6.07, 6.45) is 7.76. The molecule has 0 amide bonds. The fourth-order valence-corrected chi connectivity index (χ4v) is 6.62. The summed E-state index contributed by atoms with van der Waals surface area (Å²) in [5, 5.41) is 4.91. The van der Waals surface area contributed by atoms with Crippen molar-refractivity contribution in [1.82, 2.24) is 20.3 Å². The molecule has 2 aromatic heterocycles. The van der Waals surface area contributed by atoms with Crippen molar-refractivity contribution < 1.29 is 8.78 Å². The van der Waals surface area contributed by atoms with Gasteiger partial charge in [-0.1, -0.05) is 12.1 Å². The molecule has 1 aliphatic heterocycles. The number of hydrazine groups is 1. The highest BCUT2D eigenvalue weighted by Gasteiger charge is 2.58. The van der Waals surface area contributed by atoms with Gasteiger partial charge in [0, 0.05) is 48.7 Å². The van der Waals surface area contributed by atoms with Crippen molar-refractivity contribution in [3.8, 4) is 0 Å². The van der Waals surface area contributed by atoms with Gasteiger partial charge >= 0.3 is 0 Å². The molecule has 6 N–H and O–H groups in total. The van der Waals surface area contributed by atoms with Crippen molar-refractivity contribution in [3.63, 3.8) is 0 Å². The summed E-state index contributed by atoms with van der Waals surface area (Å²) in [7, 11) is 0. The van der Waals surface area contributed by atoms with E-state index < -0.39 is 5.92 Å². The molecule has 3 aliphatic rings. The largest absolute Gasteiger partial charge is 0.361 e. The summed E-state index contributed by atoms with van der Waals surface area (Å²) in [5.41, 5.74) is 8.99. The molecular weight excluding hydrogens is 460 g/mol. The molecule has 7 nitrogen and oxygen atoms in total. The fourth-order valence-electron chi connectivity index (χ4n) is 6.62. The molecule has 0 bridgehead atoms. The number of H-pyrrole nitrogens is 1. The predicted octanol–water partition coefficient (Wildman–Crippen LogP) is 4.58. The molecule has 3 fully saturated rings.